The highest BCUT2D eigenvalue weighted by Crippen LogP contribution is 2.21. The third-order valence-corrected chi connectivity index (χ3v) is 3.81. The molecule has 2 rings (SSSR count). The first-order valence-corrected chi connectivity index (χ1v) is 7.36. The molecule has 6 nitrogen and oxygen atoms in total. The van der Waals surface area contributed by atoms with Gasteiger partial charge in [0, 0.05) is 25.2 Å². The van der Waals surface area contributed by atoms with E-state index in [1.165, 1.54) is 12.1 Å². The zero-order valence-corrected chi connectivity index (χ0v) is 13.4. The maximum atomic E-state index is 13.5. The van der Waals surface area contributed by atoms with E-state index in [0.29, 0.717) is 5.56 Å². The third kappa shape index (κ3) is 3.67. The van der Waals surface area contributed by atoms with Crippen molar-refractivity contribution in [3.8, 4) is 0 Å². The van der Waals surface area contributed by atoms with E-state index in [4.69, 9.17) is 0 Å². The number of nitrogens with zero attached hydrogens (tertiary/aromatic N) is 1. The van der Waals surface area contributed by atoms with Crippen LogP contribution in [0.25, 0.3) is 0 Å². The minimum Gasteiger partial charge on any atom is -0.350 e. The lowest BCUT2D eigenvalue weighted by molar-refractivity contribution is -0.138. The van der Waals surface area contributed by atoms with Crippen molar-refractivity contribution in [3.05, 3.63) is 35.1 Å². The first kappa shape index (κ1) is 16.9. The maximum Gasteiger partial charge on any atom is 0.324 e. The summed E-state index contributed by atoms with van der Waals surface area (Å²) >= 11 is 0. The molecule has 1 aromatic carbocycles. The van der Waals surface area contributed by atoms with E-state index < -0.39 is 23.2 Å². The van der Waals surface area contributed by atoms with E-state index in [2.05, 4.69) is 10.6 Å². The number of imide groups is 1. The van der Waals surface area contributed by atoms with Crippen LogP contribution in [-0.4, -0.2) is 42.4 Å². The number of urea groups is 1. The summed E-state index contributed by atoms with van der Waals surface area (Å²) in [4.78, 5) is 37.0. The Balaban J connectivity index is 1.93. The van der Waals surface area contributed by atoms with Gasteiger partial charge in [-0.1, -0.05) is 6.07 Å². The summed E-state index contributed by atoms with van der Waals surface area (Å²) in [6.45, 7) is 5.55. The summed E-state index contributed by atoms with van der Waals surface area (Å²) in [6, 6.07) is 3.74. The summed E-state index contributed by atoms with van der Waals surface area (Å²) in [6.07, 6.45) is 0. The molecule has 0 aromatic heterocycles. The van der Waals surface area contributed by atoms with Gasteiger partial charge in [-0.25, -0.2) is 9.18 Å². The predicted octanol–water partition coefficient (Wildman–Crippen LogP) is 1.44. The highest BCUT2D eigenvalue weighted by Gasteiger charge is 2.39. The lowest BCUT2D eigenvalue weighted by atomic mass is 9.90. The van der Waals surface area contributed by atoms with Crippen LogP contribution in [0.5, 0.6) is 0 Å². The first-order valence-electron chi connectivity index (χ1n) is 7.36. The van der Waals surface area contributed by atoms with Crippen LogP contribution in [0.1, 0.15) is 29.8 Å². The molecule has 0 spiro atoms. The van der Waals surface area contributed by atoms with E-state index in [1.807, 2.05) is 0 Å². The summed E-state index contributed by atoms with van der Waals surface area (Å²) < 4.78 is 13.5. The fourth-order valence-corrected chi connectivity index (χ4v) is 2.25. The Morgan fingerprint density at radius 2 is 2.09 bits per heavy atom. The summed E-state index contributed by atoms with van der Waals surface area (Å²) in [7, 11) is 0. The molecule has 0 aliphatic carbocycles. The van der Waals surface area contributed by atoms with Crippen LogP contribution in [-0.2, 0) is 4.79 Å². The fourth-order valence-electron chi connectivity index (χ4n) is 2.25. The highest BCUT2D eigenvalue weighted by atomic mass is 19.1. The molecule has 1 aliphatic heterocycles. The molecule has 1 aromatic rings. The van der Waals surface area contributed by atoms with Crippen molar-refractivity contribution in [2.45, 2.75) is 20.8 Å². The SMILES string of the molecule is Cc1ccc(C(=O)NCCN2C(=O)NCC(C)(C)C2=O)cc1F. The average molecular weight is 321 g/mol. The lowest BCUT2D eigenvalue weighted by Crippen LogP contribution is -2.59. The molecule has 1 heterocycles. The second-order valence-electron chi connectivity index (χ2n) is 6.22. The van der Waals surface area contributed by atoms with Gasteiger partial charge in [-0.3, -0.25) is 14.5 Å². The molecule has 2 N–H and O–H groups in total. The minimum atomic E-state index is -0.669. The Bertz CT molecular complexity index is 658. The quantitative estimate of drug-likeness (QED) is 0.881. The Morgan fingerprint density at radius 1 is 1.39 bits per heavy atom. The molecule has 1 fully saturated rings. The predicted molar refractivity (Wildman–Crippen MR) is 82.4 cm³/mol. The van der Waals surface area contributed by atoms with Gasteiger partial charge in [0.15, 0.2) is 0 Å². The van der Waals surface area contributed by atoms with Crippen molar-refractivity contribution < 1.29 is 18.8 Å². The number of benzene rings is 1. The maximum absolute atomic E-state index is 13.5. The number of halogens is 1. The Hall–Kier alpha value is -2.44. The second kappa shape index (κ2) is 6.36. The summed E-state index contributed by atoms with van der Waals surface area (Å²) in [5.74, 6) is -1.19. The molecule has 1 aliphatic rings. The lowest BCUT2D eigenvalue weighted by Gasteiger charge is -2.36. The highest BCUT2D eigenvalue weighted by molar-refractivity contribution is 6.00. The molecule has 7 heteroatoms. The molecule has 0 unspecified atom stereocenters. The Labute approximate surface area is 134 Å². The summed E-state index contributed by atoms with van der Waals surface area (Å²) in [5, 5.41) is 5.22. The van der Waals surface area contributed by atoms with E-state index in [9.17, 15) is 18.8 Å². The van der Waals surface area contributed by atoms with Crippen LogP contribution in [0.15, 0.2) is 18.2 Å². The number of rotatable bonds is 4. The van der Waals surface area contributed by atoms with Gasteiger partial charge in [0.25, 0.3) is 5.91 Å². The van der Waals surface area contributed by atoms with Gasteiger partial charge in [0.2, 0.25) is 5.91 Å². The first-order chi connectivity index (χ1) is 10.7. The number of carbonyl (C=O) groups excluding carboxylic acids is 3. The Kier molecular flexibility index (Phi) is 4.68. The van der Waals surface area contributed by atoms with Gasteiger partial charge in [-0.2, -0.15) is 0 Å². The van der Waals surface area contributed by atoms with Gasteiger partial charge < -0.3 is 10.6 Å². The van der Waals surface area contributed by atoms with E-state index in [0.717, 1.165) is 11.0 Å². The van der Waals surface area contributed by atoms with E-state index in [-0.39, 0.29) is 31.1 Å². The standard InChI is InChI=1S/C16H20FN3O3/c1-10-4-5-11(8-12(10)17)13(21)18-6-7-20-14(22)16(2,3)9-19-15(20)23/h4-5,8H,6-7,9H2,1-3H3,(H,18,21)(H,19,23). The molecular weight excluding hydrogens is 301 g/mol. The van der Waals surface area contributed by atoms with Gasteiger partial charge in [0.1, 0.15) is 5.82 Å². The molecule has 124 valence electrons. The van der Waals surface area contributed by atoms with Gasteiger partial charge in [-0.15, -0.1) is 0 Å². The van der Waals surface area contributed by atoms with E-state index >= 15 is 0 Å². The minimum absolute atomic E-state index is 0.0637. The van der Waals surface area contributed by atoms with Crippen molar-refractivity contribution in [2.24, 2.45) is 5.41 Å². The Morgan fingerprint density at radius 3 is 2.74 bits per heavy atom. The van der Waals surface area contributed by atoms with Gasteiger partial charge >= 0.3 is 6.03 Å². The molecule has 0 atom stereocenters. The van der Waals surface area contributed by atoms with Crippen molar-refractivity contribution in [3.63, 3.8) is 0 Å². The summed E-state index contributed by atoms with van der Waals surface area (Å²) in [5.41, 5.74) is -0.0138. The topological polar surface area (TPSA) is 78.5 Å². The van der Waals surface area contributed by atoms with Crippen LogP contribution in [0.2, 0.25) is 0 Å². The van der Waals surface area contributed by atoms with Crippen molar-refractivity contribution >= 4 is 17.8 Å². The number of carbonyl (C=O) groups is 3. The monoisotopic (exact) mass is 321 g/mol. The zero-order chi connectivity index (χ0) is 17.2. The van der Waals surface area contributed by atoms with Gasteiger partial charge in [0.05, 0.1) is 5.41 Å². The molecular formula is C16H20FN3O3. The number of hydrogen-bond acceptors (Lipinski definition) is 3. The number of nitrogens with one attached hydrogen (secondary N) is 2. The van der Waals surface area contributed by atoms with Crippen LogP contribution in [0.3, 0.4) is 0 Å². The van der Waals surface area contributed by atoms with Crippen LogP contribution >= 0.6 is 0 Å². The smallest absolute Gasteiger partial charge is 0.324 e. The number of hydrogen-bond donors (Lipinski definition) is 2. The molecule has 0 radical (unpaired) electrons. The molecule has 0 bridgehead atoms. The largest absolute Gasteiger partial charge is 0.350 e. The third-order valence-electron chi connectivity index (χ3n) is 3.81. The van der Waals surface area contributed by atoms with Crippen LogP contribution in [0.4, 0.5) is 9.18 Å². The van der Waals surface area contributed by atoms with Crippen molar-refractivity contribution in [2.75, 3.05) is 19.6 Å². The van der Waals surface area contributed by atoms with Crippen LogP contribution in [0, 0.1) is 18.2 Å². The molecule has 23 heavy (non-hydrogen) atoms. The number of amides is 4. The molecule has 0 saturated carbocycles. The average Bonchev–Trinajstić information content (AvgIpc) is 2.50. The van der Waals surface area contributed by atoms with Crippen molar-refractivity contribution in [1.29, 1.82) is 0 Å². The van der Waals surface area contributed by atoms with Gasteiger partial charge in [-0.05, 0) is 38.5 Å². The normalized spacial score (nSPS) is 17.0. The zero-order valence-electron chi connectivity index (χ0n) is 13.4. The molecule has 4 amide bonds. The second-order valence-corrected chi connectivity index (χ2v) is 6.22. The van der Waals surface area contributed by atoms with Crippen LogP contribution < -0.4 is 10.6 Å². The van der Waals surface area contributed by atoms with E-state index in [1.54, 1.807) is 20.8 Å². The fraction of sp³-hybridized carbons (Fsp3) is 0.438. The number of aryl methyl sites for hydroxylation is 1. The molecule has 1 saturated heterocycles. The van der Waals surface area contributed by atoms with Crippen molar-refractivity contribution in [1.82, 2.24) is 15.5 Å².